The van der Waals surface area contributed by atoms with Gasteiger partial charge in [-0.05, 0) is 39.2 Å². The third kappa shape index (κ3) is 3.72. The molecule has 2 rings (SSSR count). The molecule has 1 aromatic rings. The summed E-state index contributed by atoms with van der Waals surface area (Å²) in [5.74, 6) is 0.370. The van der Waals surface area contributed by atoms with Crippen molar-refractivity contribution < 1.29 is 9.53 Å². The minimum Gasteiger partial charge on any atom is -0.444 e. The van der Waals surface area contributed by atoms with Crippen LogP contribution in [0.1, 0.15) is 45.1 Å². The van der Waals surface area contributed by atoms with Gasteiger partial charge in [0, 0.05) is 32.3 Å². The van der Waals surface area contributed by atoms with Gasteiger partial charge in [-0.25, -0.2) is 4.79 Å². The van der Waals surface area contributed by atoms with Crippen molar-refractivity contribution >= 4 is 6.09 Å². The first-order chi connectivity index (χ1) is 8.85. The Morgan fingerprint density at radius 1 is 1.47 bits per heavy atom. The first-order valence-corrected chi connectivity index (χ1v) is 6.81. The Balaban J connectivity index is 1.99. The average molecular weight is 265 g/mol. The van der Waals surface area contributed by atoms with Crippen LogP contribution in [0.3, 0.4) is 0 Å². The number of aryl methyl sites for hydroxylation is 1. The lowest BCUT2D eigenvalue weighted by Crippen LogP contribution is -2.42. The summed E-state index contributed by atoms with van der Waals surface area (Å²) < 4.78 is 7.24. The van der Waals surface area contributed by atoms with Crippen LogP contribution in [0.5, 0.6) is 0 Å². The monoisotopic (exact) mass is 265 g/mol. The molecule has 0 bridgehead atoms. The highest BCUT2D eigenvalue weighted by Gasteiger charge is 2.28. The summed E-state index contributed by atoms with van der Waals surface area (Å²) in [5.41, 5.74) is 0.772. The summed E-state index contributed by atoms with van der Waals surface area (Å²) in [7, 11) is 1.91. The maximum Gasteiger partial charge on any atom is 0.410 e. The van der Waals surface area contributed by atoms with Gasteiger partial charge in [0.1, 0.15) is 5.60 Å². The van der Waals surface area contributed by atoms with E-state index in [-0.39, 0.29) is 6.09 Å². The van der Waals surface area contributed by atoms with Crippen LogP contribution < -0.4 is 0 Å². The molecule has 0 aromatic carbocycles. The van der Waals surface area contributed by atoms with Crippen LogP contribution in [0.2, 0.25) is 0 Å². The van der Waals surface area contributed by atoms with Crippen LogP contribution in [0.15, 0.2) is 12.4 Å². The topological polar surface area (TPSA) is 47.4 Å². The van der Waals surface area contributed by atoms with Crippen molar-refractivity contribution in [3.05, 3.63) is 18.0 Å². The van der Waals surface area contributed by atoms with Gasteiger partial charge < -0.3 is 9.64 Å². The highest BCUT2D eigenvalue weighted by Crippen LogP contribution is 2.27. The second-order valence-corrected chi connectivity index (χ2v) is 6.21. The van der Waals surface area contributed by atoms with E-state index in [4.69, 9.17) is 4.74 Å². The Kier molecular flexibility index (Phi) is 3.83. The molecule has 1 aliphatic rings. The summed E-state index contributed by atoms with van der Waals surface area (Å²) in [5, 5.41) is 4.20. The van der Waals surface area contributed by atoms with E-state index in [0.29, 0.717) is 5.92 Å². The Morgan fingerprint density at radius 3 is 2.79 bits per heavy atom. The van der Waals surface area contributed by atoms with Gasteiger partial charge in [-0.2, -0.15) is 5.10 Å². The van der Waals surface area contributed by atoms with E-state index in [2.05, 4.69) is 5.10 Å². The zero-order chi connectivity index (χ0) is 14.0. The highest BCUT2D eigenvalue weighted by molar-refractivity contribution is 5.68. The molecular formula is C14H23N3O2. The Morgan fingerprint density at radius 2 is 2.21 bits per heavy atom. The quantitative estimate of drug-likeness (QED) is 0.784. The summed E-state index contributed by atoms with van der Waals surface area (Å²) in [6.45, 7) is 7.20. The fourth-order valence-electron chi connectivity index (χ4n) is 2.39. The van der Waals surface area contributed by atoms with Gasteiger partial charge >= 0.3 is 6.09 Å². The molecular weight excluding hydrogens is 242 g/mol. The normalized spacial score (nSPS) is 20.4. The first kappa shape index (κ1) is 13.9. The molecule has 0 saturated carbocycles. The Hall–Kier alpha value is -1.52. The summed E-state index contributed by atoms with van der Waals surface area (Å²) >= 11 is 0. The van der Waals surface area contributed by atoms with Crippen LogP contribution in [0, 0.1) is 0 Å². The van der Waals surface area contributed by atoms with Crippen LogP contribution in [-0.2, 0) is 11.8 Å². The van der Waals surface area contributed by atoms with E-state index >= 15 is 0 Å². The van der Waals surface area contributed by atoms with Crippen LogP contribution in [-0.4, -0.2) is 39.5 Å². The molecule has 0 aliphatic carbocycles. The predicted octanol–water partition coefficient (Wildman–Crippen LogP) is 2.53. The van der Waals surface area contributed by atoms with Gasteiger partial charge in [-0.3, -0.25) is 4.68 Å². The number of piperidine rings is 1. The molecule has 1 aromatic heterocycles. The van der Waals surface area contributed by atoms with Gasteiger partial charge in [0.25, 0.3) is 0 Å². The number of likely N-dealkylation sites (tertiary alicyclic amines) is 1. The Labute approximate surface area is 114 Å². The van der Waals surface area contributed by atoms with Crippen LogP contribution in [0.4, 0.5) is 4.79 Å². The minimum atomic E-state index is -0.432. The van der Waals surface area contributed by atoms with E-state index in [1.807, 2.05) is 49.8 Å². The number of hydrogen-bond acceptors (Lipinski definition) is 3. The number of ether oxygens (including phenoxy) is 1. The van der Waals surface area contributed by atoms with Crippen molar-refractivity contribution in [3.63, 3.8) is 0 Å². The molecule has 19 heavy (non-hydrogen) atoms. The average Bonchev–Trinajstić information content (AvgIpc) is 2.74. The number of amides is 1. The molecule has 5 heteroatoms. The van der Waals surface area contributed by atoms with Crippen molar-refractivity contribution in [1.29, 1.82) is 0 Å². The van der Waals surface area contributed by atoms with E-state index in [1.165, 1.54) is 5.56 Å². The highest BCUT2D eigenvalue weighted by atomic mass is 16.6. The molecule has 1 atom stereocenters. The van der Waals surface area contributed by atoms with Gasteiger partial charge in [0.2, 0.25) is 0 Å². The second-order valence-electron chi connectivity index (χ2n) is 6.21. The lowest BCUT2D eigenvalue weighted by Gasteiger charge is -2.33. The summed E-state index contributed by atoms with van der Waals surface area (Å²) in [4.78, 5) is 13.9. The lowest BCUT2D eigenvalue weighted by molar-refractivity contribution is 0.0198. The number of nitrogens with zero attached hydrogens (tertiary/aromatic N) is 3. The van der Waals surface area contributed by atoms with Crippen LogP contribution >= 0.6 is 0 Å². The maximum absolute atomic E-state index is 12.1. The van der Waals surface area contributed by atoms with Crippen molar-refractivity contribution in [2.75, 3.05) is 13.1 Å². The largest absolute Gasteiger partial charge is 0.444 e. The van der Waals surface area contributed by atoms with Crippen molar-refractivity contribution in [3.8, 4) is 0 Å². The zero-order valence-corrected chi connectivity index (χ0v) is 12.2. The number of carbonyl (C=O) groups is 1. The molecule has 2 heterocycles. The van der Waals surface area contributed by atoms with Gasteiger partial charge in [0.05, 0.1) is 6.20 Å². The van der Waals surface area contributed by atoms with Crippen molar-refractivity contribution in [2.24, 2.45) is 7.05 Å². The third-order valence-electron chi connectivity index (χ3n) is 3.27. The zero-order valence-electron chi connectivity index (χ0n) is 12.2. The van der Waals surface area contributed by atoms with Gasteiger partial charge in [-0.1, -0.05) is 0 Å². The molecule has 1 amide bonds. The molecule has 1 unspecified atom stereocenters. The fourth-order valence-corrected chi connectivity index (χ4v) is 2.39. The van der Waals surface area contributed by atoms with Crippen molar-refractivity contribution in [1.82, 2.24) is 14.7 Å². The van der Waals surface area contributed by atoms with Gasteiger partial charge in [-0.15, -0.1) is 0 Å². The summed E-state index contributed by atoms with van der Waals surface area (Å²) in [6, 6.07) is 0. The number of hydrogen-bond donors (Lipinski definition) is 0. The second kappa shape index (κ2) is 5.23. The fraction of sp³-hybridized carbons (Fsp3) is 0.714. The number of rotatable bonds is 1. The van der Waals surface area contributed by atoms with Crippen LogP contribution in [0.25, 0.3) is 0 Å². The smallest absolute Gasteiger partial charge is 0.410 e. The number of carbonyl (C=O) groups excluding carboxylic acids is 1. The third-order valence-corrected chi connectivity index (χ3v) is 3.27. The van der Waals surface area contributed by atoms with Gasteiger partial charge in [0.15, 0.2) is 0 Å². The van der Waals surface area contributed by atoms with E-state index < -0.39 is 5.60 Å². The lowest BCUT2D eigenvalue weighted by atomic mass is 9.93. The molecule has 0 N–H and O–H groups in total. The summed E-state index contributed by atoms with van der Waals surface area (Å²) in [6.07, 6.45) is 5.83. The maximum atomic E-state index is 12.1. The first-order valence-electron chi connectivity index (χ1n) is 6.81. The Bertz CT molecular complexity index is 448. The van der Waals surface area contributed by atoms with E-state index in [1.54, 1.807) is 0 Å². The SMILES string of the molecule is Cn1cc(C2CCCN(C(=O)OC(C)(C)C)C2)cn1. The predicted molar refractivity (Wildman–Crippen MR) is 73.0 cm³/mol. The van der Waals surface area contributed by atoms with Crippen molar-refractivity contribution in [2.45, 2.75) is 45.1 Å². The number of aromatic nitrogens is 2. The molecule has 106 valence electrons. The molecule has 1 fully saturated rings. The molecule has 5 nitrogen and oxygen atoms in total. The molecule has 0 spiro atoms. The molecule has 0 radical (unpaired) electrons. The standard InChI is InChI=1S/C14H23N3O2/c1-14(2,3)19-13(18)17-7-5-6-11(10-17)12-8-15-16(4)9-12/h8-9,11H,5-7,10H2,1-4H3. The minimum absolute atomic E-state index is 0.207. The molecule has 1 saturated heterocycles. The van der Waals surface area contributed by atoms with E-state index in [9.17, 15) is 4.79 Å². The molecule has 1 aliphatic heterocycles. The van der Waals surface area contributed by atoms with E-state index in [0.717, 1.165) is 25.9 Å².